The zero-order valence-electron chi connectivity index (χ0n) is 44.2. The molecule has 77 heavy (non-hydrogen) atoms. The van der Waals surface area contributed by atoms with E-state index in [0.717, 1.165) is 28.7 Å². The van der Waals surface area contributed by atoms with Gasteiger partial charge in [-0.15, -0.1) is 0 Å². The number of amides is 8. The third-order valence-corrected chi connectivity index (χ3v) is 12.7. The molecule has 0 aliphatic carbocycles. The molecule has 0 fully saturated rings. The minimum absolute atomic E-state index is 0.00152. The largest absolute Gasteiger partial charge is 0.387 e. The molecule has 5 rings (SSSR count). The Labute approximate surface area is 446 Å². The summed E-state index contributed by atoms with van der Waals surface area (Å²) in [5.74, 6) is -5.72. The van der Waals surface area contributed by atoms with Crippen LogP contribution in [0.15, 0.2) is 91.1 Å². The molecule has 0 saturated carbocycles. The number of carbonyl (C=O) groups excluding carboxylic acids is 8. The number of imidazole rings is 1. The first-order valence-corrected chi connectivity index (χ1v) is 25.6. The molecule has 414 valence electrons. The molecule has 0 radical (unpaired) electrons. The van der Waals surface area contributed by atoms with E-state index in [2.05, 4.69) is 26.6 Å². The van der Waals surface area contributed by atoms with Crippen LogP contribution in [-0.2, 0) is 51.3 Å². The molecular weight excluding hydrogens is 997 g/mol. The Hall–Kier alpha value is -7.69. The number of halogens is 2. The van der Waals surface area contributed by atoms with Crippen LogP contribution in [0.25, 0.3) is 11.3 Å². The molecule has 0 spiro atoms. The van der Waals surface area contributed by atoms with Crippen molar-refractivity contribution in [1.82, 2.24) is 40.6 Å². The molecule has 4 atom stereocenters. The minimum atomic E-state index is -1.19. The number of aliphatic hydroxyl groups excluding tert-OH is 1. The Balaban J connectivity index is 1.16. The standard InChI is InChI=1S/C55H71F2N11O9/c1-34(2)49(54(77)64-42(13-9-10-24-58)53(76)62-38-17-14-35(15-18-38)29-45(71)60-26-28-67-46(72)20-21-47(67)73)65-44(70)22-25-61-52(75)41(59)23-27-68(48(74)33-69)50(55(3,4)5)51-63-43(39-30-37(56)16-19-40(39)57)32-66(51)31-36-11-7-6-8-12-36/h6-8,11-12,14-21,30,32,34,41-42,49-50,69H,9-10,13,22-29,31,33,58-59H2,1-5H3,(H,60,71)(H,61,75)(H,62,76)(H,64,77)(H,65,70)/t41-,42-,49?,50-/m0/s1. The van der Waals surface area contributed by atoms with Gasteiger partial charge in [0.25, 0.3) is 11.8 Å². The summed E-state index contributed by atoms with van der Waals surface area (Å²) in [5, 5.41) is 23.8. The SMILES string of the molecule is CC(C)C(NC(=O)CCNC(=O)[C@@H](N)CCN(C(=O)CO)[C@@H](c1nc(-c2cc(F)ccc2F)cn1Cc1ccccc1)C(C)(C)C)C(=O)N[C@@H](CCCCN)C(=O)Nc1ccc(CC(=O)NCCN2C(=O)C=CC2=O)cc1. The van der Waals surface area contributed by atoms with Crippen LogP contribution in [0.5, 0.6) is 0 Å². The van der Waals surface area contributed by atoms with E-state index in [-0.39, 0.29) is 75.6 Å². The summed E-state index contributed by atoms with van der Waals surface area (Å²) >= 11 is 0. The molecule has 1 aliphatic rings. The van der Waals surface area contributed by atoms with Crippen molar-refractivity contribution < 1.29 is 52.2 Å². The van der Waals surface area contributed by atoms with Crippen molar-refractivity contribution >= 4 is 52.9 Å². The second kappa shape index (κ2) is 28.4. The Morgan fingerprint density at radius 1 is 0.805 bits per heavy atom. The van der Waals surface area contributed by atoms with Crippen LogP contribution in [-0.4, -0.2) is 129 Å². The number of aromatic nitrogens is 2. The van der Waals surface area contributed by atoms with Crippen molar-refractivity contribution in [3.05, 3.63) is 120 Å². The number of benzene rings is 3. The maximum Gasteiger partial charge on any atom is 0.253 e. The first kappa shape index (κ1) is 60.2. The second-order valence-corrected chi connectivity index (χ2v) is 20.2. The van der Waals surface area contributed by atoms with Crippen molar-refractivity contribution in [2.75, 3.05) is 44.6 Å². The van der Waals surface area contributed by atoms with Gasteiger partial charge in [-0.25, -0.2) is 13.8 Å². The predicted molar refractivity (Wildman–Crippen MR) is 284 cm³/mol. The van der Waals surface area contributed by atoms with E-state index in [9.17, 15) is 47.9 Å². The summed E-state index contributed by atoms with van der Waals surface area (Å²) in [4.78, 5) is 111. The number of carbonyl (C=O) groups is 8. The van der Waals surface area contributed by atoms with E-state index in [4.69, 9.17) is 16.5 Å². The lowest BCUT2D eigenvalue weighted by Gasteiger charge is -2.40. The van der Waals surface area contributed by atoms with Crippen LogP contribution in [0.3, 0.4) is 0 Å². The maximum atomic E-state index is 15.1. The van der Waals surface area contributed by atoms with Crippen molar-refractivity contribution in [3.8, 4) is 11.3 Å². The molecule has 22 heteroatoms. The second-order valence-electron chi connectivity index (χ2n) is 20.2. The van der Waals surface area contributed by atoms with Crippen molar-refractivity contribution in [2.24, 2.45) is 22.8 Å². The quantitative estimate of drug-likeness (QED) is 0.0301. The van der Waals surface area contributed by atoms with Crippen molar-refractivity contribution in [1.29, 1.82) is 0 Å². The van der Waals surface area contributed by atoms with Gasteiger partial charge in [0, 0.05) is 68.7 Å². The highest BCUT2D eigenvalue weighted by Gasteiger charge is 2.39. The first-order valence-electron chi connectivity index (χ1n) is 25.6. The van der Waals surface area contributed by atoms with Crippen LogP contribution in [0, 0.1) is 23.0 Å². The number of hydrogen-bond acceptors (Lipinski definition) is 12. The molecule has 4 aromatic rings. The summed E-state index contributed by atoms with van der Waals surface area (Å²) in [6, 6.07) is 14.7. The average Bonchev–Trinajstić information content (AvgIpc) is 3.96. The summed E-state index contributed by atoms with van der Waals surface area (Å²) in [6.45, 7) is 8.56. The highest BCUT2D eigenvalue weighted by molar-refractivity contribution is 6.12. The van der Waals surface area contributed by atoms with Gasteiger partial charge in [-0.1, -0.05) is 77.1 Å². The van der Waals surface area contributed by atoms with Gasteiger partial charge in [0.15, 0.2) is 0 Å². The van der Waals surface area contributed by atoms with Gasteiger partial charge < -0.3 is 52.6 Å². The monoisotopic (exact) mass is 1070 g/mol. The third-order valence-electron chi connectivity index (χ3n) is 12.7. The molecule has 1 unspecified atom stereocenters. The fourth-order valence-electron chi connectivity index (χ4n) is 8.65. The van der Waals surface area contributed by atoms with E-state index in [1.807, 2.05) is 51.1 Å². The average molecular weight is 1070 g/mol. The molecule has 10 N–H and O–H groups in total. The Kier molecular flexibility index (Phi) is 22.2. The summed E-state index contributed by atoms with van der Waals surface area (Å²) in [5.41, 5.74) is 13.2. The Morgan fingerprint density at radius 3 is 2.13 bits per heavy atom. The molecule has 1 aromatic heterocycles. The Bertz CT molecular complexity index is 2730. The zero-order valence-corrected chi connectivity index (χ0v) is 44.2. The topological polar surface area (TPSA) is 293 Å². The van der Waals surface area contributed by atoms with E-state index in [1.165, 1.54) is 17.1 Å². The fourth-order valence-corrected chi connectivity index (χ4v) is 8.65. The number of nitrogens with one attached hydrogen (secondary N) is 5. The van der Waals surface area contributed by atoms with Crippen LogP contribution in [0.2, 0.25) is 0 Å². The van der Waals surface area contributed by atoms with E-state index >= 15 is 4.39 Å². The highest BCUT2D eigenvalue weighted by atomic mass is 19.1. The summed E-state index contributed by atoms with van der Waals surface area (Å²) in [7, 11) is 0. The lowest BCUT2D eigenvalue weighted by atomic mass is 9.84. The first-order chi connectivity index (χ1) is 36.6. The Morgan fingerprint density at radius 2 is 1.49 bits per heavy atom. The van der Waals surface area contributed by atoms with Crippen molar-refractivity contribution in [3.63, 3.8) is 0 Å². The van der Waals surface area contributed by atoms with Gasteiger partial charge in [-0.05, 0) is 85.0 Å². The van der Waals surface area contributed by atoms with Gasteiger partial charge >= 0.3 is 0 Å². The van der Waals surface area contributed by atoms with Gasteiger partial charge in [-0.2, -0.15) is 0 Å². The minimum Gasteiger partial charge on any atom is -0.387 e. The predicted octanol–water partition coefficient (Wildman–Crippen LogP) is 2.99. The maximum absolute atomic E-state index is 15.1. The van der Waals surface area contributed by atoms with Crippen LogP contribution >= 0.6 is 0 Å². The van der Waals surface area contributed by atoms with Gasteiger partial charge in [0.2, 0.25) is 35.4 Å². The highest BCUT2D eigenvalue weighted by Crippen LogP contribution is 2.39. The van der Waals surface area contributed by atoms with E-state index in [1.54, 1.807) is 48.9 Å². The third kappa shape index (κ3) is 17.7. The smallest absolute Gasteiger partial charge is 0.253 e. The van der Waals surface area contributed by atoms with E-state index < -0.39 is 95.1 Å². The molecule has 0 saturated heterocycles. The zero-order chi connectivity index (χ0) is 56.4. The number of unbranched alkanes of at least 4 members (excludes halogenated alkanes) is 1. The lowest BCUT2D eigenvalue weighted by molar-refractivity contribution is -0.140. The van der Waals surface area contributed by atoms with Gasteiger partial charge in [0.05, 0.1) is 24.2 Å². The fraction of sp³-hybridized carbons (Fsp3) is 0.436. The number of anilines is 1. The summed E-state index contributed by atoms with van der Waals surface area (Å²) in [6.07, 6.45) is 4.92. The molecule has 20 nitrogen and oxygen atoms in total. The molecule has 1 aliphatic heterocycles. The molecular formula is C55H71F2N11O9. The van der Waals surface area contributed by atoms with Gasteiger partial charge in [-0.3, -0.25) is 43.3 Å². The number of nitrogens with zero attached hydrogens (tertiary/aromatic N) is 4. The lowest BCUT2D eigenvalue weighted by Crippen LogP contribution is -2.54. The number of hydrogen-bond donors (Lipinski definition) is 8. The van der Waals surface area contributed by atoms with Crippen LogP contribution < -0.4 is 38.1 Å². The van der Waals surface area contributed by atoms with Crippen molar-refractivity contribution in [2.45, 2.75) is 104 Å². The molecule has 3 aromatic carbocycles. The normalized spacial score (nSPS) is 13.9. The van der Waals surface area contributed by atoms with Crippen LogP contribution in [0.1, 0.15) is 89.7 Å². The number of imide groups is 1. The number of aliphatic hydroxyl groups is 1. The molecule has 8 amide bonds. The van der Waals surface area contributed by atoms with Crippen LogP contribution in [0.4, 0.5) is 14.5 Å². The molecule has 2 heterocycles. The number of nitrogens with two attached hydrogens (primary N) is 2. The molecule has 0 bridgehead atoms. The number of rotatable bonds is 28. The van der Waals surface area contributed by atoms with Gasteiger partial charge in [0.1, 0.15) is 36.1 Å². The van der Waals surface area contributed by atoms with E-state index in [0.29, 0.717) is 36.5 Å². The summed E-state index contributed by atoms with van der Waals surface area (Å²) < 4.78 is 31.3.